The topological polar surface area (TPSA) is 0 Å². The summed E-state index contributed by atoms with van der Waals surface area (Å²) < 4.78 is 8.93. The van der Waals surface area contributed by atoms with E-state index in [-0.39, 0.29) is 10.8 Å². The predicted molar refractivity (Wildman–Crippen MR) is 92.2 cm³/mol. The molecule has 0 fully saturated rings. The van der Waals surface area contributed by atoms with E-state index in [2.05, 4.69) is 75.1 Å². The van der Waals surface area contributed by atoms with Gasteiger partial charge in [0.15, 0.2) is 0 Å². The van der Waals surface area contributed by atoms with Crippen molar-refractivity contribution in [1.29, 1.82) is 0 Å². The Hall–Kier alpha value is -0.157. The second kappa shape index (κ2) is 5.48. The van der Waals surface area contributed by atoms with E-state index in [4.69, 9.17) is 0 Å². The molecule has 0 spiro atoms. The van der Waals surface area contributed by atoms with Crippen molar-refractivity contribution in [2.24, 2.45) is 10.8 Å². The summed E-state index contributed by atoms with van der Waals surface area (Å²) in [5.74, 6) is 0. The molecule has 0 aliphatic heterocycles. The molecule has 0 radical (unpaired) electrons. The van der Waals surface area contributed by atoms with E-state index in [1.54, 1.807) is 11.1 Å². The molecule has 0 aromatic heterocycles. The van der Waals surface area contributed by atoms with Crippen molar-refractivity contribution in [3.8, 4) is 0 Å². The molecule has 0 aromatic rings. The maximum absolute atomic E-state index is 2.64. The Balaban J connectivity index is 2.54. The summed E-state index contributed by atoms with van der Waals surface area (Å²) in [6.45, 7) is 14.2. The Kier molecular flexibility index (Phi) is 4.49. The van der Waals surface area contributed by atoms with Crippen LogP contribution in [0.2, 0.25) is 9.26 Å². The molecule has 2 aliphatic rings. The third-order valence-corrected chi connectivity index (χ3v) is 14.7. The van der Waals surface area contributed by atoms with Crippen molar-refractivity contribution in [3.05, 3.63) is 42.0 Å². The minimum atomic E-state index is -2.42. The molecule has 0 N–H and O–H groups in total. The van der Waals surface area contributed by atoms with Crippen LogP contribution in [0.4, 0.5) is 0 Å². The molecule has 0 saturated heterocycles. The molecule has 0 aromatic carbocycles. The Labute approximate surface area is 136 Å². The van der Waals surface area contributed by atoms with E-state index < -0.39 is 20.3 Å². The van der Waals surface area contributed by atoms with Crippen LogP contribution >= 0.6 is 0 Å². The minimum absolute atomic E-state index is 0.283. The fourth-order valence-electron chi connectivity index (χ4n) is 3.78. The van der Waals surface area contributed by atoms with E-state index >= 15 is 0 Å². The fourth-order valence-corrected chi connectivity index (χ4v) is 13.3. The average Bonchev–Trinajstić information content (AvgIpc) is 2.97. The van der Waals surface area contributed by atoms with Crippen molar-refractivity contribution >= 4 is 0 Å². The van der Waals surface area contributed by atoms with Gasteiger partial charge in [-0.1, -0.05) is 0 Å². The van der Waals surface area contributed by atoms with Crippen molar-refractivity contribution in [3.63, 3.8) is 0 Å². The maximum atomic E-state index is 2.64. The summed E-state index contributed by atoms with van der Waals surface area (Å²) in [5, 5.41) is 0. The summed E-state index contributed by atoms with van der Waals surface area (Å²) in [5.41, 5.74) is 3.84. The molecule has 21 heavy (non-hydrogen) atoms. The normalized spacial score (nSPS) is 20.2. The van der Waals surface area contributed by atoms with Crippen LogP contribution in [0.1, 0.15) is 54.4 Å². The van der Waals surface area contributed by atoms with Crippen molar-refractivity contribution in [1.82, 2.24) is 0 Å². The number of hydrogen-bond donors (Lipinski definition) is 0. The van der Waals surface area contributed by atoms with E-state index in [0.29, 0.717) is 0 Å². The average molecular weight is 364 g/mol. The van der Waals surface area contributed by atoms with Gasteiger partial charge in [-0.15, -0.1) is 0 Å². The molecule has 0 atom stereocenters. The quantitative estimate of drug-likeness (QED) is 0.508. The fraction of sp³-hybridized carbons (Fsp3) is 0.600. The van der Waals surface area contributed by atoms with Crippen LogP contribution in [0.5, 0.6) is 0 Å². The zero-order valence-corrected chi connectivity index (χ0v) is 17.7. The van der Waals surface area contributed by atoms with Crippen LogP contribution in [-0.2, 0) is 20.3 Å². The Morgan fingerprint density at radius 2 is 1.05 bits per heavy atom. The zero-order chi connectivity index (χ0) is 16.1. The van der Waals surface area contributed by atoms with Crippen LogP contribution in [0.3, 0.4) is 0 Å². The summed E-state index contributed by atoms with van der Waals surface area (Å²) in [6, 6.07) is 0. The third-order valence-electron chi connectivity index (χ3n) is 4.99. The molecular formula is C20H32Zr. The van der Waals surface area contributed by atoms with Crippen molar-refractivity contribution in [2.45, 2.75) is 63.6 Å². The molecule has 0 nitrogen and oxygen atoms in total. The molecule has 2 rings (SSSR count). The molecule has 0 heterocycles. The Morgan fingerprint density at radius 1 is 0.714 bits per heavy atom. The van der Waals surface area contributed by atoms with Gasteiger partial charge in [-0.05, 0) is 0 Å². The molecule has 0 amide bonds. The van der Waals surface area contributed by atoms with Gasteiger partial charge in [0.2, 0.25) is 0 Å². The van der Waals surface area contributed by atoms with Gasteiger partial charge >= 0.3 is 137 Å². The Bertz CT molecular complexity index is 502. The second-order valence-electron chi connectivity index (χ2n) is 9.12. The van der Waals surface area contributed by atoms with E-state index in [0.717, 1.165) is 0 Å². The van der Waals surface area contributed by atoms with Crippen LogP contribution < -0.4 is 0 Å². The molecule has 2 aliphatic carbocycles. The van der Waals surface area contributed by atoms with Gasteiger partial charge < -0.3 is 0 Å². The van der Waals surface area contributed by atoms with Gasteiger partial charge in [-0.25, -0.2) is 0 Å². The second-order valence-corrected chi connectivity index (χ2v) is 20.1. The van der Waals surface area contributed by atoms with Crippen LogP contribution in [-0.4, -0.2) is 0 Å². The Morgan fingerprint density at radius 3 is 1.33 bits per heavy atom. The summed E-state index contributed by atoms with van der Waals surface area (Å²) in [6.07, 6.45) is 12.0. The summed E-state index contributed by atoms with van der Waals surface area (Å²) >= 11 is -2.42. The van der Waals surface area contributed by atoms with Gasteiger partial charge in [-0.2, -0.15) is 0 Å². The van der Waals surface area contributed by atoms with Gasteiger partial charge in [0.05, 0.1) is 0 Å². The molecular weight excluding hydrogens is 331 g/mol. The van der Waals surface area contributed by atoms with E-state index in [1.807, 2.05) is 6.56 Å². The first-order valence-electron chi connectivity index (χ1n) is 8.27. The van der Waals surface area contributed by atoms with Gasteiger partial charge in [0, 0.05) is 0 Å². The molecule has 1 heteroatoms. The van der Waals surface area contributed by atoms with Gasteiger partial charge in [0.1, 0.15) is 0 Å². The predicted octanol–water partition coefficient (Wildman–Crippen LogP) is 6.76. The summed E-state index contributed by atoms with van der Waals surface area (Å²) in [7, 11) is 0. The van der Waals surface area contributed by atoms with E-state index in [9.17, 15) is 0 Å². The van der Waals surface area contributed by atoms with Crippen LogP contribution in [0, 0.1) is 10.8 Å². The van der Waals surface area contributed by atoms with Crippen molar-refractivity contribution in [2.75, 3.05) is 0 Å². The van der Waals surface area contributed by atoms with E-state index in [1.165, 1.54) is 12.8 Å². The summed E-state index contributed by atoms with van der Waals surface area (Å²) in [4.78, 5) is 0. The first-order chi connectivity index (χ1) is 9.45. The van der Waals surface area contributed by atoms with Crippen LogP contribution in [0.25, 0.3) is 0 Å². The molecule has 0 unspecified atom stereocenters. The molecule has 0 saturated carbocycles. The number of hydrogen-bond acceptors (Lipinski definition) is 0. The van der Waals surface area contributed by atoms with Gasteiger partial charge in [0.25, 0.3) is 0 Å². The molecule has 116 valence electrons. The van der Waals surface area contributed by atoms with Gasteiger partial charge in [-0.3, -0.25) is 0 Å². The zero-order valence-electron chi connectivity index (χ0n) is 15.2. The van der Waals surface area contributed by atoms with Crippen LogP contribution in [0.15, 0.2) is 42.0 Å². The first-order valence-corrected chi connectivity index (χ1v) is 15.6. The van der Waals surface area contributed by atoms with Crippen molar-refractivity contribution < 1.29 is 20.3 Å². The monoisotopic (exact) mass is 362 g/mol. The third kappa shape index (κ3) is 3.29. The SMILES string of the molecule is CC(C)(C)C1=[C]([Zr]([CH3])([CH3])[C]2=C(C(C)(C)C)C=CC2)CC=C1. The first kappa shape index (κ1) is 17.2. The molecule has 0 bridgehead atoms. The standard InChI is InChI=1S/2C9H13.2CH3.Zr/c2*1-9(2,3)8-6-4-5-7-8;;;/h2*4,6H,5H2,1-3H3;2*1H3;. The number of rotatable bonds is 2. The number of allylic oxidation sites excluding steroid dienone is 8.